The molecule has 182 valence electrons. The summed E-state index contributed by atoms with van der Waals surface area (Å²) >= 11 is 1.81. The average Bonchev–Trinajstić information content (AvgIpc) is 2.92. The standard InChI is InChI=1S/C33H34N2S/c1-32(2,3)26-19-21-31(22-20-26)36-24-23-30(25-34)35-33(27-13-7-4-8-14-27,28-15-9-5-10-16-28)29-17-11-6-12-18-29/h4-22,30,35H,23-24H2,1-3H3. The summed E-state index contributed by atoms with van der Waals surface area (Å²) < 4.78 is 0. The predicted molar refractivity (Wildman–Crippen MR) is 152 cm³/mol. The normalized spacial score (nSPS) is 12.6. The summed E-state index contributed by atoms with van der Waals surface area (Å²) in [6.45, 7) is 6.70. The molecule has 0 heterocycles. The molecule has 0 saturated heterocycles. The molecular formula is C33H34N2S. The lowest BCUT2D eigenvalue weighted by Gasteiger charge is -2.38. The molecule has 0 aliphatic heterocycles. The Kier molecular flexibility index (Phi) is 8.31. The number of thioether (sulfide) groups is 1. The smallest absolute Gasteiger partial charge is 0.0972 e. The third kappa shape index (κ3) is 5.90. The number of nitrogens with one attached hydrogen (secondary N) is 1. The monoisotopic (exact) mass is 490 g/mol. The maximum absolute atomic E-state index is 10.2. The number of rotatable bonds is 9. The van der Waals surface area contributed by atoms with Gasteiger partial charge in [-0.05, 0) is 46.2 Å². The quantitative estimate of drug-likeness (QED) is 0.191. The molecule has 1 N–H and O–H groups in total. The first-order valence-corrected chi connectivity index (χ1v) is 13.5. The molecule has 4 rings (SSSR count). The van der Waals surface area contributed by atoms with Gasteiger partial charge in [0.1, 0.15) is 0 Å². The Morgan fingerprint density at radius 1 is 0.667 bits per heavy atom. The number of nitriles is 1. The average molecular weight is 491 g/mol. The van der Waals surface area contributed by atoms with Crippen LogP contribution in [0.5, 0.6) is 0 Å². The second-order valence-corrected chi connectivity index (χ2v) is 11.3. The van der Waals surface area contributed by atoms with Crippen molar-refractivity contribution in [1.82, 2.24) is 5.32 Å². The molecule has 4 aromatic rings. The molecule has 0 aliphatic rings. The van der Waals surface area contributed by atoms with E-state index in [9.17, 15) is 5.26 Å². The molecule has 0 bridgehead atoms. The number of nitrogens with zero attached hydrogens (tertiary/aromatic N) is 1. The first kappa shape index (κ1) is 25.8. The van der Waals surface area contributed by atoms with Crippen LogP contribution in [0.4, 0.5) is 0 Å². The molecule has 0 saturated carbocycles. The first-order chi connectivity index (χ1) is 17.4. The minimum absolute atomic E-state index is 0.147. The van der Waals surface area contributed by atoms with Crippen LogP contribution in [0.1, 0.15) is 49.4 Å². The maximum atomic E-state index is 10.2. The molecule has 2 nitrogen and oxygen atoms in total. The van der Waals surface area contributed by atoms with Crippen LogP contribution < -0.4 is 5.32 Å². The maximum Gasteiger partial charge on any atom is 0.0972 e. The largest absolute Gasteiger partial charge is 0.285 e. The van der Waals surface area contributed by atoms with Gasteiger partial charge in [-0.1, -0.05) is 124 Å². The fourth-order valence-electron chi connectivity index (χ4n) is 4.59. The molecule has 4 aromatic carbocycles. The van der Waals surface area contributed by atoms with E-state index in [4.69, 9.17) is 0 Å². The number of hydrogen-bond acceptors (Lipinski definition) is 3. The van der Waals surface area contributed by atoms with Gasteiger partial charge in [0, 0.05) is 10.6 Å². The van der Waals surface area contributed by atoms with Crippen molar-refractivity contribution in [2.24, 2.45) is 0 Å². The van der Waals surface area contributed by atoms with E-state index in [-0.39, 0.29) is 11.5 Å². The number of benzene rings is 4. The van der Waals surface area contributed by atoms with Crippen molar-refractivity contribution < 1.29 is 0 Å². The van der Waals surface area contributed by atoms with E-state index >= 15 is 0 Å². The summed E-state index contributed by atoms with van der Waals surface area (Å²) in [4.78, 5) is 1.24. The van der Waals surface area contributed by atoms with Crippen LogP contribution in [0, 0.1) is 11.3 Å². The van der Waals surface area contributed by atoms with Gasteiger partial charge in [-0.2, -0.15) is 5.26 Å². The Morgan fingerprint density at radius 3 is 1.50 bits per heavy atom. The van der Waals surface area contributed by atoms with E-state index in [1.165, 1.54) is 10.5 Å². The summed E-state index contributed by atoms with van der Waals surface area (Å²) in [6, 6.07) is 42.4. The Morgan fingerprint density at radius 2 is 1.11 bits per heavy atom. The van der Waals surface area contributed by atoms with Crippen LogP contribution in [-0.2, 0) is 11.0 Å². The molecule has 0 fully saturated rings. The Balaban J connectivity index is 1.61. The van der Waals surface area contributed by atoms with Crippen LogP contribution >= 0.6 is 11.8 Å². The fourth-order valence-corrected chi connectivity index (χ4v) is 5.51. The molecule has 0 amide bonds. The van der Waals surface area contributed by atoms with Gasteiger partial charge in [0.2, 0.25) is 0 Å². The molecule has 3 heteroatoms. The van der Waals surface area contributed by atoms with Crippen LogP contribution in [0.25, 0.3) is 0 Å². The lowest BCUT2D eigenvalue weighted by Crippen LogP contribution is -2.49. The fraction of sp³-hybridized carbons (Fsp3) is 0.242. The molecule has 1 unspecified atom stereocenters. The molecular weight excluding hydrogens is 456 g/mol. The summed E-state index contributed by atoms with van der Waals surface area (Å²) in [5.41, 5.74) is 4.20. The van der Waals surface area contributed by atoms with Crippen molar-refractivity contribution in [2.75, 3.05) is 5.75 Å². The third-order valence-electron chi connectivity index (χ3n) is 6.56. The molecule has 0 radical (unpaired) electrons. The van der Waals surface area contributed by atoms with E-state index < -0.39 is 5.54 Å². The molecule has 0 aliphatic carbocycles. The van der Waals surface area contributed by atoms with Gasteiger partial charge in [0.25, 0.3) is 0 Å². The second kappa shape index (κ2) is 11.6. The lowest BCUT2D eigenvalue weighted by atomic mass is 9.76. The minimum Gasteiger partial charge on any atom is -0.285 e. The zero-order valence-corrected chi connectivity index (χ0v) is 22.1. The summed E-state index contributed by atoms with van der Waals surface area (Å²) in [5.74, 6) is 0.856. The summed E-state index contributed by atoms with van der Waals surface area (Å²) in [6.07, 6.45) is 0.733. The summed E-state index contributed by atoms with van der Waals surface area (Å²) in [5, 5.41) is 14.0. The van der Waals surface area contributed by atoms with E-state index in [1.807, 2.05) is 18.2 Å². The van der Waals surface area contributed by atoms with Crippen molar-refractivity contribution in [3.05, 3.63) is 138 Å². The molecule has 36 heavy (non-hydrogen) atoms. The van der Waals surface area contributed by atoms with Crippen LogP contribution in [0.15, 0.2) is 120 Å². The van der Waals surface area contributed by atoms with Gasteiger partial charge in [-0.25, -0.2) is 0 Å². The van der Waals surface area contributed by atoms with Gasteiger partial charge in [0.15, 0.2) is 0 Å². The van der Waals surface area contributed by atoms with Gasteiger partial charge in [-0.3, -0.25) is 5.32 Å². The highest BCUT2D eigenvalue weighted by Crippen LogP contribution is 2.37. The van der Waals surface area contributed by atoms with Crippen molar-refractivity contribution in [2.45, 2.75) is 49.1 Å². The van der Waals surface area contributed by atoms with Crippen molar-refractivity contribution in [3.8, 4) is 6.07 Å². The molecule has 0 spiro atoms. The van der Waals surface area contributed by atoms with E-state index in [0.29, 0.717) is 0 Å². The van der Waals surface area contributed by atoms with E-state index in [2.05, 4.69) is 129 Å². The van der Waals surface area contributed by atoms with Gasteiger partial charge in [-0.15, -0.1) is 11.8 Å². The Labute approximate surface area is 220 Å². The van der Waals surface area contributed by atoms with Gasteiger partial charge < -0.3 is 0 Å². The highest BCUT2D eigenvalue weighted by atomic mass is 32.2. The minimum atomic E-state index is -0.636. The van der Waals surface area contributed by atoms with Crippen molar-refractivity contribution in [3.63, 3.8) is 0 Å². The van der Waals surface area contributed by atoms with E-state index in [0.717, 1.165) is 28.9 Å². The topological polar surface area (TPSA) is 35.8 Å². The van der Waals surface area contributed by atoms with Crippen LogP contribution in [0.2, 0.25) is 0 Å². The highest BCUT2D eigenvalue weighted by Gasteiger charge is 2.38. The molecule has 0 aromatic heterocycles. The Hall–Kier alpha value is -3.32. The molecule has 1 atom stereocenters. The zero-order chi connectivity index (χ0) is 25.4. The highest BCUT2D eigenvalue weighted by molar-refractivity contribution is 7.99. The summed E-state index contributed by atoms with van der Waals surface area (Å²) in [7, 11) is 0. The number of hydrogen-bond donors (Lipinski definition) is 1. The second-order valence-electron chi connectivity index (χ2n) is 10.1. The Bertz CT molecular complexity index is 1160. The lowest BCUT2D eigenvalue weighted by molar-refractivity contribution is 0.429. The zero-order valence-electron chi connectivity index (χ0n) is 21.3. The van der Waals surface area contributed by atoms with Gasteiger partial charge >= 0.3 is 0 Å². The van der Waals surface area contributed by atoms with E-state index in [1.54, 1.807) is 11.8 Å². The van der Waals surface area contributed by atoms with Crippen LogP contribution in [-0.4, -0.2) is 11.8 Å². The van der Waals surface area contributed by atoms with Crippen molar-refractivity contribution in [1.29, 1.82) is 5.26 Å². The van der Waals surface area contributed by atoms with Crippen LogP contribution in [0.3, 0.4) is 0 Å². The van der Waals surface area contributed by atoms with Crippen molar-refractivity contribution >= 4 is 11.8 Å². The SMILES string of the molecule is CC(C)(C)c1ccc(SCCC(C#N)NC(c2ccccc2)(c2ccccc2)c2ccccc2)cc1. The third-order valence-corrected chi connectivity index (χ3v) is 7.61. The predicted octanol–water partition coefficient (Wildman–Crippen LogP) is 7.94. The van der Waals surface area contributed by atoms with Gasteiger partial charge in [0.05, 0.1) is 17.6 Å². The first-order valence-electron chi connectivity index (χ1n) is 12.5.